The van der Waals surface area contributed by atoms with Crippen LogP contribution in [0.3, 0.4) is 0 Å². The molecule has 2 fully saturated rings. The summed E-state index contributed by atoms with van der Waals surface area (Å²) in [5.41, 5.74) is 0. The molecular formula is C17H32N2O3. The van der Waals surface area contributed by atoms with E-state index < -0.39 is 6.10 Å². The number of amides is 2. The first-order valence-electron chi connectivity index (χ1n) is 8.86. The van der Waals surface area contributed by atoms with E-state index in [0.717, 1.165) is 13.0 Å². The largest absolute Gasteiger partial charge is 0.389 e. The number of urea groups is 1. The van der Waals surface area contributed by atoms with E-state index >= 15 is 0 Å². The van der Waals surface area contributed by atoms with Crippen molar-refractivity contribution in [1.82, 2.24) is 10.6 Å². The maximum atomic E-state index is 12.0. The molecule has 2 saturated carbocycles. The lowest BCUT2D eigenvalue weighted by Gasteiger charge is -2.34. The first-order valence-corrected chi connectivity index (χ1v) is 8.86. The highest BCUT2D eigenvalue weighted by Crippen LogP contribution is 2.30. The molecule has 0 radical (unpaired) electrons. The molecule has 2 aliphatic rings. The van der Waals surface area contributed by atoms with Crippen LogP contribution in [0.4, 0.5) is 4.79 Å². The van der Waals surface area contributed by atoms with Crippen LogP contribution in [-0.2, 0) is 4.74 Å². The van der Waals surface area contributed by atoms with E-state index in [1.165, 1.54) is 32.1 Å². The van der Waals surface area contributed by atoms with Crippen molar-refractivity contribution in [2.24, 2.45) is 17.8 Å². The fourth-order valence-corrected chi connectivity index (χ4v) is 3.28. The second-order valence-corrected chi connectivity index (χ2v) is 7.29. The van der Waals surface area contributed by atoms with Crippen LogP contribution in [0.15, 0.2) is 0 Å². The number of aliphatic hydroxyl groups is 1. The summed E-state index contributed by atoms with van der Waals surface area (Å²) >= 11 is 0. The van der Waals surface area contributed by atoms with E-state index in [-0.39, 0.29) is 18.6 Å². The van der Waals surface area contributed by atoms with E-state index in [4.69, 9.17) is 4.74 Å². The summed E-state index contributed by atoms with van der Waals surface area (Å²) in [5, 5.41) is 15.7. The molecule has 0 aromatic heterocycles. The van der Waals surface area contributed by atoms with Gasteiger partial charge in [0, 0.05) is 19.2 Å². The topological polar surface area (TPSA) is 70.6 Å². The predicted molar refractivity (Wildman–Crippen MR) is 86.7 cm³/mol. The zero-order valence-corrected chi connectivity index (χ0v) is 14.0. The molecule has 0 aromatic carbocycles. The van der Waals surface area contributed by atoms with E-state index in [0.29, 0.717) is 24.4 Å². The van der Waals surface area contributed by atoms with Crippen LogP contribution in [-0.4, -0.2) is 43.0 Å². The molecule has 0 aliphatic heterocycles. The Labute approximate surface area is 134 Å². The summed E-state index contributed by atoms with van der Waals surface area (Å²) in [6, 6.07) is 0.0933. The maximum absolute atomic E-state index is 12.0. The maximum Gasteiger partial charge on any atom is 0.315 e. The zero-order chi connectivity index (χ0) is 15.9. The molecule has 3 N–H and O–H groups in total. The van der Waals surface area contributed by atoms with Gasteiger partial charge in [0.25, 0.3) is 0 Å². The summed E-state index contributed by atoms with van der Waals surface area (Å²) in [5.74, 6) is 1.85. The molecular weight excluding hydrogens is 280 g/mol. The fourth-order valence-electron chi connectivity index (χ4n) is 3.28. The number of carbonyl (C=O) groups excluding carboxylic acids is 1. The lowest BCUT2D eigenvalue weighted by Crippen LogP contribution is -2.49. The SMILES string of the molecule is CC(C)C1CCCCC1NC(=O)NCC(O)COCC1CC1. The number of hydrogen-bond acceptors (Lipinski definition) is 3. The molecule has 22 heavy (non-hydrogen) atoms. The average molecular weight is 312 g/mol. The van der Waals surface area contributed by atoms with Crippen molar-refractivity contribution in [3.8, 4) is 0 Å². The Hall–Kier alpha value is -0.810. The number of aliphatic hydroxyl groups excluding tert-OH is 1. The van der Waals surface area contributed by atoms with Gasteiger partial charge < -0.3 is 20.5 Å². The Morgan fingerprint density at radius 2 is 1.95 bits per heavy atom. The highest BCUT2D eigenvalue weighted by atomic mass is 16.5. The van der Waals surface area contributed by atoms with Crippen LogP contribution >= 0.6 is 0 Å². The quantitative estimate of drug-likeness (QED) is 0.644. The van der Waals surface area contributed by atoms with Gasteiger partial charge in [-0.2, -0.15) is 0 Å². The summed E-state index contributed by atoms with van der Waals surface area (Å²) in [6.07, 6.45) is 6.57. The summed E-state index contributed by atoms with van der Waals surface area (Å²) in [7, 11) is 0. The first kappa shape index (κ1) is 17.5. The Morgan fingerprint density at radius 1 is 1.23 bits per heavy atom. The van der Waals surface area contributed by atoms with Crippen molar-refractivity contribution in [2.75, 3.05) is 19.8 Å². The highest BCUT2D eigenvalue weighted by molar-refractivity contribution is 5.74. The zero-order valence-electron chi connectivity index (χ0n) is 14.0. The van der Waals surface area contributed by atoms with Crippen molar-refractivity contribution in [1.29, 1.82) is 0 Å². The minimum absolute atomic E-state index is 0.168. The third kappa shape index (κ3) is 6.13. The van der Waals surface area contributed by atoms with Crippen LogP contribution in [0, 0.1) is 17.8 Å². The molecule has 5 nitrogen and oxygen atoms in total. The van der Waals surface area contributed by atoms with Crippen LogP contribution in [0.25, 0.3) is 0 Å². The Morgan fingerprint density at radius 3 is 2.64 bits per heavy atom. The molecule has 0 aromatic rings. The van der Waals surface area contributed by atoms with Crippen LogP contribution in [0.5, 0.6) is 0 Å². The molecule has 2 rings (SSSR count). The molecule has 2 aliphatic carbocycles. The molecule has 128 valence electrons. The number of ether oxygens (including phenoxy) is 1. The number of nitrogens with one attached hydrogen (secondary N) is 2. The molecule has 3 unspecified atom stereocenters. The minimum Gasteiger partial charge on any atom is -0.389 e. The molecule has 0 heterocycles. The predicted octanol–water partition coefficient (Wildman–Crippen LogP) is 2.29. The monoisotopic (exact) mass is 312 g/mol. The number of hydrogen-bond donors (Lipinski definition) is 3. The third-order valence-electron chi connectivity index (χ3n) is 4.85. The van der Waals surface area contributed by atoms with Gasteiger partial charge in [-0.1, -0.05) is 26.7 Å². The summed E-state index contributed by atoms with van der Waals surface area (Å²) in [4.78, 5) is 12.0. The van der Waals surface area contributed by atoms with Crippen LogP contribution in [0.1, 0.15) is 52.4 Å². The van der Waals surface area contributed by atoms with E-state index in [9.17, 15) is 9.90 Å². The van der Waals surface area contributed by atoms with Gasteiger partial charge in [-0.05, 0) is 43.4 Å². The first-order chi connectivity index (χ1) is 10.6. The normalized spacial score (nSPS) is 26.7. The Bertz CT molecular complexity index is 345. The third-order valence-corrected chi connectivity index (χ3v) is 4.85. The van der Waals surface area contributed by atoms with Crippen molar-refractivity contribution in [3.05, 3.63) is 0 Å². The van der Waals surface area contributed by atoms with Gasteiger partial charge in [0.2, 0.25) is 0 Å². The van der Waals surface area contributed by atoms with Crippen molar-refractivity contribution >= 4 is 6.03 Å². The van der Waals surface area contributed by atoms with Crippen molar-refractivity contribution in [3.63, 3.8) is 0 Å². The van der Waals surface area contributed by atoms with Crippen LogP contribution in [0.2, 0.25) is 0 Å². The van der Waals surface area contributed by atoms with Gasteiger partial charge in [0.1, 0.15) is 0 Å². The lowest BCUT2D eigenvalue weighted by atomic mass is 9.78. The standard InChI is InChI=1S/C17H32N2O3/c1-12(2)15-5-3-4-6-16(15)19-17(21)18-9-14(20)11-22-10-13-7-8-13/h12-16,20H,3-11H2,1-2H3,(H2,18,19,21). The molecule has 3 atom stereocenters. The van der Waals surface area contributed by atoms with E-state index in [1.807, 2.05) is 0 Å². The van der Waals surface area contributed by atoms with Gasteiger partial charge in [-0.15, -0.1) is 0 Å². The second kappa shape index (κ2) is 8.73. The summed E-state index contributed by atoms with van der Waals surface area (Å²) < 4.78 is 5.43. The number of rotatable bonds is 8. The van der Waals surface area contributed by atoms with E-state index in [1.54, 1.807) is 0 Å². The molecule has 0 saturated heterocycles. The number of carbonyl (C=O) groups is 1. The smallest absolute Gasteiger partial charge is 0.315 e. The Kier molecular flexibility index (Phi) is 6.96. The van der Waals surface area contributed by atoms with Gasteiger partial charge in [-0.3, -0.25) is 0 Å². The van der Waals surface area contributed by atoms with Gasteiger partial charge in [0.15, 0.2) is 0 Å². The second-order valence-electron chi connectivity index (χ2n) is 7.29. The Balaban J connectivity index is 1.61. The highest BCUT2D eigenvalue weighted by Gasteiger charge is 2.28. The van der Waals surface area contributed by atoms with Crippen LogP contribution < -0.4 is 10.6 Å². The molecule has 2 amide bonds. The minimum atomic E-state index is -0.628. The molecule has 5 heteroatoms. The van der Waals surface area contributed by atoms with Gasteiger partial charge in [0.05, 0.1) is 12.7 Å². The molecule has 0 bridgehead atoms. The lowest BCUT2D eigenvalue weighted by molar-refractivity contribution is 0.0336. The van der Waals surface area contributed by atoms with Crippen molar-refractivity contribution < 1.29 is 14.6 Å². The van der Waals surface area contributed by atoms with E-state index in [2.05, 4.69) is 24.5 Å². The fraction of sp³-hybridized carbons (Fsp3) is 0.941. The van der Waals surface area contributed by atoms with Gasteiger partial charge >= 0.3 is 6.03 Å². The average Bonchev–Trinajstić information content (AvgIpc) is 3.30. The van der Waals surface area contributed by atoms with Gasteiger partial charge in [-0.25, -0.2) is 4.79 Å². The molecule has 0 spiro atoms. The summed E-state index contributed by atoms with van der Waals surface area (Å²) in [6.45, 7) is 5.73. The van der Waals surface area contributed by atoms with Crippen molar-refractivity contribution in [2.45, 2.75) is 64.5 Å².